The van der Waals surface area contributed by atoms with Gasteiger partial charge in [0.15, 0.2) is 5.82 Å². The highest BCUT2D eigenvalue weighted by Crippen LogP contribution is 2.24. The van der Waals surface area contributed by atoms with Gasteiger partial charge in [0.05, 0.1) is 13.1 Å². The molecule has 0 aliphatic carbocycles. The van der Waals surface area contributed by atoms with Crippen molar-refractivity contribution in [1.29, 1.82) is 0 Å². The van der Waals surface area contributed by atoms with Gasteiger partial charge in [0, 0.05) is 40.6 Å². The van der Waals surface area contributed by atoms with E-state index in [0.29, 0.717) is 16.6 Å². The molecule has 142 valence electrons. The molecular formula is C20H15F3N4O. The van der Waals surface area contributed by atoms with Crippen molar-refractivity contribution in [2.45, 2.75) is 13.1 Å². The van der Waals surface area contributed by atoms with E-state index in [-0.39, 0.29) is 24.5 Å². The van der Waals surface area contributed by atoms with E-state index in [1.165, 1.54) is 41.2 Å². The summed E-state index contributed by atoms with van der Waals surface area (Å²) in [5.74, 6) is -1.89. The van der Waals surface area contributed by atoms with Crippen molar-refractivity contribution < 1.29 is 13.2 Å². The molecule has 0 fully saturated rings. The molecule has 0 unspecified atom stereocenters. The van der Waals surface area contributed by atoms with Crippen LogP contribution in [0.3, 0.4) is 0 Å². The van der Waals surface area contributed by atoms with Crippen molar-refractivity contribution >= 4 is 16.7 Å². The van der Waals surface area contributed by atoms with Crippen LogP contribution < -0.4 is 11.3 Å². The third-order valence-corrected chi connectivity index (χ3v) is 4.57. The summed E-state index contributed by atoms with van der Waals surface area (Å²) in [6.07, 6.45) is 2.89. The van der Waals surface area contributed by atoms with Gasteiger partial charge in [-0.25, -0.2) is 18.2 Å². The molecule has 0 aliphatic heterocycles. The molecule has 2 N–H and O–H groups in total. The predicted molar refractivity (Wildman–Crippen MR) is 99.4 cm³/mol. The monoisotopic (exact) mass is 384 g/mol. The maximum Gasteiger partial charge on any atom is 0.293 e. The van der Waals surface area contributed by atoms with E-state index < -0.39 is 23.0 Å². The van der Waals surface area contributed by atoms with E-state index in [1.54, 1.807) is 16.7 Å². The van der Waals surface area contributed by atoms with Gasteiger partial charge in [-0.05, 0) is 30.3 Å². The number of hydrogen-bond donors (Lipinski definition) is 1. The van der Waals surface area contributed by atoms with Gasteiger partial charge in [-0.2, -0.15) is 0 Å². The normalized spacial score (nSPS) is 11.2. The second-order valence-corrected chi connectivity index (χ2v) is 6.41. The van der Waals surface area contributed by atoms with E-state index in [9.17, 15) is 18.0 Å². The van der Waals surface area contributed by atoms with Crippen LogP contribution in [-0.2, 0) is 13.1 Å². The summed E-state index contributed by atoms with van der Waals surface area (Å²) in [5, 5.41) is 0.604. The number of anilines is 1. The van der Waals surface area contributed by atoms with E-state index in [4.69, 9.17) is 5.73 Å². The lowest BCUT2D eigenvalue weighted by Gasteiger charge is -2.13. The summed E-state index contributed by atoms with van der Waals surface area (Å²) in [5.41, 5.74) is 6.69. The Bertz CT molecular complexity index is 1250. The number of rotatable bonds is 4. The average molecular weight is 384 g/mol. The Balaban J connectivity index is 1.84. The molecule has 0 saturated heterocycles. The lowest BCUT2D eigenvalue weighted by atomic mass is 10.2. The topological polar surface area (TPSA) is 65.8 Å². The number of hydrogen-bond acceptors (Lipinski definition) is 3. The molecule has 0 radical (unpaired) electrons. The molecule has 2 aromatic carbocycles. The number of halogens is 3. The van der Waals surface area contributed by atoms with E-state index in [2.05, 4.69) is 4.98 Å². The Hall–Kier alpha value is -3.55. The molecule has 4 rings (SSSR count). The summed E-state index contributed by atoms with van der Waals surface area (Å²) in [6, 6.07) is 9.33. The molecule has 0 aliphatic rings. The van der Waals surface area contributed by atoms with Gasteiger partial charge in [0.25, 0.3) is 5.56 Å². The lowest BCUT2D eigenvalue weighted by Crippen LogP contribution is -2.25. The highest BCUT2D eigenvalue weighted by Gasteiger charge is 2.14. The zero-order chi connectivity index (χ0) is 19.8. The van der Waals surface area contributed by atoms with Gasteiger partial charge in [0.1, 0.15) is 17.5 Å². The summed E-state index contributed by atoms with van der Waals surface area (Å²) in [7, 11) is 0. The Morgan fingerprint density at radius 2 is 1.71 bits per heavy atom. The first-order chi connectivity index (χ1) is 13.4. The summed E-state index contributed by atoms with van der Waals surface area (Å²) < 4.78 is 44.2. The zero-order valence-electron chi connectivity index (χ0n) is 14.6. The lowest BCUT2D eigenvalue weighted by molar-refractivity contribution is 0.564. The quantitative estimate of drug-likeness (QED) is 0.587. The fraction of sp³-hybridized carbons (Fsp3) is 0.100. The molecular weight excluding hydrogens is 369 g/mol. The predicted octanol–water partition coefficient (Wildman–Crippen LogP) is 3.29. The van der Waals surface area contributed by atoms with Crippen LogP contribution in [0.4, 0.5) is 19.0 Å². The Kier molecular flexibility index (Phi) is 4.38. The van der Waals surface area contributed by atoms with Crippen molar-refractivity contribution in [3.63, 3.8) is 0 Å². The van der Waals surface area contributed by atoms with Crippen LogP contribution in [0.2, 0.25) is 0 Å². The van der Waals surface area contributed by atoms with Crippen molar-refractivity contribution in [3.8, 4) is 0 Å². The molecule has 0 amide bonds. The van der Waals surface area contributed by atoms with E-state index in [0.717, 1.165) is 6.07 Å². The highest BCUT2D eigenvalue weighted by molar-refractivity contribution is 5.81. The first-order valence-electron chi connectivity index (χ1n) is 8.45. The molecule has 5 nitrogen and oxygen atoms in total. The summed E-state index contributed by atoms with van der Waals surface area (Å²) >= 11 is 0. The van der Waals surface area contributed by atoms with Gasteiger partial charge >= 0.3 is 0 Å². The van der Waals surface area contributed by atoms with Crippen LogP contribution in [0.15, 0.2) is 59.7 Å². The summed E-state index contributed by atoms with van der Waals surface area (Å²) in [4.78, 5) is 16.0. The number of benzene rings is 2. The molecule has 28 heavy (non-hydrogen) atoms. The maximum absolute atomic E-state index is 14.2. The smallest absolute Gasteiger partial charge is 0.293 e. The standard InChI is InChI=1S/C20H15F3N4O/c21-14-3-4-18-13(7-14)8-16(11-26-6-5-25-19(24)20(26)28)27(18)10-12-1-2-15(22)9-17(12)23/h1-9H,10-11H2,(H2,24,25). The van der Waals surface area contributed by atoms with Crippen molar-refractivity contribution in [2.75, 3.05) is 5.73 Å². The molecule has 0 spiro atoms. The average Bonchev–Trinajstić information content (AvgIpc) is 2.97. The minimum absolute atomic E-state index is 0.0892. The van der Waals surface area contributed by atoms with Crippen LogP contribution >= 0.6 is 0 Å². The van der Waals surface area contributed by atoms with E-state index in [1.807, 2.05) is 0 Å². The Labute approximate surface area is 157 Å². The maximum atomic E-state index is 14.2. The van der Waals surface area contributed by atoms with Gasteiger partial charge in [-0.3, -0.25) is 4.79 Å². The van der Waals surface area contributed by atoms with Gasteiger partial charge < -0.3 is 14.9 Å². The SMILES string of the molecule is Nc1nccn(Cc2cc3cc(F)ccc3n2Cc2ccc(F)cc2F)c1=O. The van der Waals surface area contributed by atoms with Crippen LogP contribution in [0.25, 0.3) is 10.9 Å². The van der Waals surface area contributed by atoms with E-state index >= 15 is 0 Å². The van der Waals surface area contributed by atoms with Gasteiger partial charge in [0.2, 0.25) is 0 Å². The molecule has 0 saturated carbocycles. The first kappa shape index (κ1) is 17.8. The largest absolute Gasteiger partial charge is 0.379 e. The van der Waals surface area contributed by atoms with Crippen LogP contribution in [0.5, 0.6) is 0 Å². The number of nitrogens with zero attached hydrogens (tertiary/aromatic N) is 3. The third-order valence-electron chi connectivity index (χ3n) is 4.57. The van der Waals surface area contributed by atoms with Crippen LogP contribution in [0.1, 0.15) is 11.3 Å². The molecule has 2 heterocycles. The zero-order valence-corrected chi connectivity index (χ0v) is 14.6. The second kappa shape index (κ2) is 6.88. The van der Waals surface area contributed by atoms with Crippen LogP contribution in [-0.4, -0.2) is 14.1 Å². The van der Waals surface area contributed by atoms with Gasteiger partial charge in [-0.15, -0.1) is 0 Å². The molecule has 8 heteroatoms. The summed E-state index contributed by atoms with van der Waals surface area (Å²) in [6.45, 7) is 0.219. The van der Waals surface area contributed by atoms with Crippen molar-refractivity contribution in [1.82, 2.24) is 14.1 Å². The number of nitrogen functional groups attached to an aromatic ring is 1. The fourth-order valence-corrected chi connectivity index (χ4v) is 3.20. The molecule has 4 aromatic rings. The minimum Gasteiger partial charge on any atom is -0.379 e. The number of nitrogens with two attached hydrogens (primary N) is 1. The van der Waals surface area contributed by atoms with Gasteiger partial charge in [-0.1, -0.05) is 6.07 Å². The molecule has 0 bridgehead atoms. The molecule has 0 atom stereocenters. The molecule has 2 aromatic heterocycles. The second-order valence-electron chi connectivity index (χ2n) is 6.41. The fourth-order valence-electron chi connectivity index (χ4n) is 3.20. The van der Waals surface area contributed by atoms with Crippen molar-refractivity contribution in [3.05, 3.63) is 93.9 Å². The van der Waals surface area contributed by atoms with Crippen LogP contribution in [0, 0.1) is 17.5 Å². The first-order valence-corrected chi connectivity index (χ1v) is 8.45. The minimum atomic E-state index is -0.680. The Morgan fingerprint density at radius 3 is 2.50 bits per heavy atom. The third kappa shape index (κ3) is 3.24. The highest BCUT2D eigenvalue weighted by atomic mass is 19.1. The van der Waals surface area contributed by atoms with Crippen molar-refractivity contribution in [2.24, 2.45) is 0 Å². The number of fused-ring (bicyclic) bond motifs is 1. The number of aromatic nitrogens is 3. The Morgan fingerprint density at radius 1 is 0.964 bits per heavy atom.